The van der Waals surface area contributed by atoms with Gasteiger partial charge in [0.05, 0.1) is 5.36 Å². The highest BCUT2D eigenvalue weighted by Gasteiger charge is 2.17. The van der Waals surface area contributed by atoms with Crippen LogP contribution in [0.15, 0.2) is 35.3 Å². The summed E-state index contributed by atoms with van der Waals surface area (Å²) in [6.07, 6.45) is 2.81. The minimum absolute atomic E-state index is 0.512. The molecule has 0 saturated carbocycles. The molecule has 0 N–H and O–H groups in total. The van der Waals surface area contributed by atoms with E-state index >= 15 is 0 Å². The summed E-state index contributed by atoms with van der Waals surface area (Å²) in [6, 6.07) is 9.83. The molecule has 0 radical (unpaired) electrons. The third-order valence-corrected chi connectivity index (χ3v) is 3.39. The lowest BCUT2D eigenvalue weighted by Gasteiger charge is -2.02. The molecule has 2 aliphatic heterocycles. The van der Waals surface area contributed by atoms with Crippen LogP contribution in [-0.2, 0) is 0 Å². The van der Waals surface area contributed by atoms with Gasteiger partial charge in [0.1, 0.15) is 12.3 Å². The molecular formula is C15H9NO2. The van der Waals surface area contributed by atoms with Crippen molar-refractivity contribution in [3.63, 3.8) is 0 Å². The van der Waals surface area contributed by atoms with Crippen molar-refractivity contribution in [2.24, 2.45) is 4.99 Å². The number of para-hydroxylation sites is 1. The van der Waals surface area contributed by atoms with Crippen molar-refractivity contribution in [3.05, 3.63) is 56.9 Å². The number of hydrogen-bond acceptors (Lipinski definition) is 3. The number of aldehydes is 1. The predicted octanol–water partition coefficient (Wildman–Crippen LogP) is 1.22. The standard InChI is InChI=1S/C15H9NO2/c17-8-9-7-12-11-3-1-2-4-13(11)16-14(12)15-10(9)5-6-18-15/h1-5,7-8H,6H2. The van der Waals surface area contributed by atoms with E-state index in [0.717, 1.165) is 38.7 Å². The molecule has 0 atom stereocenters. The zero-order chi connectivity index (χ0) is 12.1. The first-order chi connectivity index (χ1) is 8.88. The van der Waals surface area contributed by atoms with Gasteiger partial charge in [-0.15, -0.1) is 0 Å². The summed E-state index contributed by atoms with van der Waals surface area (Å²) < 4.78 is 5.61. The molecule has 0 aromatic heterocycles. The average molecular weight is 235 g/mol. The molecule has 2 aliphatic rings. The fraction of sp³-hybridized carbons (Fsp3) is 0.0667. The highest BCUT2D eigenvalue weighted by atomic mass is 16.5. The molecule has 3 nitrogen and oxygen atoms in total. The molecule has 0 bridgehead atoms. The highest BCUT2D eigenvalue weighted by Crippen LogP contribution is 2.29. The Labute approximate surface area is 102 Å². The molecule has 0 fully saturated rings. The summed E-state index contributed by atoms with van der Waals surface area (Å²) in [4.78, 5) is 15.8. The first-order valence-electron chi connectivity index (χ1n) is 5.82. The first kappa shape index (κ1) is 9.59. The molecule has 2 aromatic carbocycles. The van der Waals surface area contributed by atoms with Gasteiger partial charge in [-0.05, 0) is 18.2 Å². The molecular weight excluding hydrogens is 226 g/mol. The van der Waals surface area contributed by atoms with Gasteiger partial charge in [0.25, 0.3) is 0 Å². The van der Waals surface area contributed by atoms with E-state index in [9.17, 15) is 4.79 Å². The second kappa shape index (κ2) is 3.29. The lowest BCUT2D eigenvalue weighted by Crippen LogP contribution is -2.07. The van der Waals surface area contributed by atoms with E-state index in [2.05, 4.69) is 4.99 Å². The Morgan fingerprint density at radius 2 is 2.11 bits per heavy atom. The van der Waals surface area contributed by atoms with E-state index in [1.807, 2.05) is 36.4 Å². The Morgan fingerprint density at radius 1 is 1.22 bits per heavy atom. The van der Waals surface area contributed by atoms with Crippen LogP contribution in [0.4, 0.5) is 5.69 Å². The lowest BCUT2D eigenvalue weighted by molar-refractivity contribution is 0.112. The number of benzene rings is 2. The van der Waals surface area contributed by atoms with E-state index < -0.39 is 0 Å². The Morgan fingerprint density at radius 3 is 3.00 bits per heavy atom. The molecule has 0 spiro atoms. The van der Waals surface area contributed by atoms with Crippen LogP contribution in [-0.4, -0.2) is 12.9 Å². The fourth-order valence-electron chi connectivity index (χ4n) is 2.58. The van der Waals surface area contributed by atoms with Gasteiger partial charge in [-0.2, -0.15) is 0 Å². The second-order valence-corrected chi connectivity index (χ2v) is 4.37. The molecule has 3 heteroatoms. The fourth-order valence-corrected chi connectivity index (χ4v) is 2.58. The topological polar surface area (TPSA) is 38.7 Å². The molecule has 4 rings (SSSR count). The van der Waals surface area contributed by atoms with Crippen LogP contribution >= 0.6 is 0 Å². The maximum absolute atomic E-state index is 11.2. The molecule has 86 valence electrons. The SMILES string of the molecule is O=Cc1cc2c(c3c1=CCO3)N=c1ccccc1=2. The summed E-state index contributed by atoms with van der Waals surface area (Å²) in [6.45, 7) is 0.512. The minimum atomic E-state index is 0.512. The molecule has 0 amide bonds. The van der Waals surface area contributed by atoms with Crippen LogP contribution in [0.3, 0.4) is 0 Å². The van der Waals surface area contributed by atoms with Gasteiger partial charge < -0.3 is 4.74 Å². The Bertz CT molecular complexity index is 897. The van der Waals surface area contributed by atoms with Gasteiger partial charge in [-0.25, -0.2) is 4.99 Å². The van der Waals surface area contributed by atoms with Crippen LogP contribution in [0.25, 0.3) is 6.08 Å². The first-order valence-corrected chi connectivity index (χ1v) is 5.82. The van der Waals surface area contributed by atoms with Crippen molar-refractivity contribution in [3.8, 4) is 5.75 Å². The van der Waals surface area contributed by atoms with Crippen molar-refractivity contribution in [2.75, 3.05) is 6.61 Å². The number of rotatable bonds is 1. The monoisotopic (exact) mass is 235 g/mol. The van der Waals surface area contributed by atoms with Gasteiger partial charge in [0, 0.05) is 21.2 Å². The van der Waals surface area contributed by atoms with Gasteiger partial charge in [0.2, 0.25) is 0 Å². The Hall–Kier alpha value is -2.42. The molecule has 0 unspecified atom stereocenters. The van der Waals surface area contributed by atoms with Gasteiger partial charge in [0.15, 0.2) is 12.0 Å². The summed E-state index contributed by atoms with van der Waals surface area (Å²) in [5.74, 6) is 0.741. The van der Waals surface area contributed by atoms with E-state index in [4.69, 9.17) is 4.74 Å². The summed E-state index contributed by atoms with van der Waals surface area (Å²) in [7, 11) is 0. The van der Waals surface area contributed by atoms with E-state index in [1.165, 1.54) is 0 Å². The van der Waals surface area contributed by atoms with Crippen molar-refractivity contribution in [2.45, 2.75) is 0 Å². The average Bonchev–Trinajstić information content (AvgIpc) is 3.01. The van der Waals surface area contributed by atoms with Crippen LogP contribution in [0, 0.1) is 10.4 Å². The second-order valence-electron chi connectivity index (χ2n) is 4.37. The van der Waals surface area contributed by atoms with Crippen LogP contribution in [0.2, 0.25) is 0 Å². The van der Waals surface area contributed by atoms with Crippen molar-refractivity contribution >= 4 is 18.0 Å². The zero-order valence-electron chi connectivity index (χ0n) is 9.51. The van der Waals surface area contributed by atoms with Crippen LogP contribution in [0.1, 0.15) is 10.4 Å². The minimum Gasteiger partial charge on any atom is -0.487 e. The largest absolute Gasteiger partial charge is 0.487 e. The van der Waals surface area contributed by atoms with E-state index in [-0.39, 0.29) is 0 Å². The number of ether oxygens (including phenoxy) is 1. The van der Waals surface area contributed by atoms with Gasteiger partial charge in [-0.3, -0.25) is 4.79 Å². The molecule has 0 saturated heterocycles. The van der Waals surface area contributed by atoms with Gasteiger partial charge >= 0.3 is 0 Å². The molecule has 2 heterocycles. The van der Waals surface area contributed by atoms with Crippen molar-refractivity contribution < 1.29 is 9.53 Å². The number of carbonyl (C=O) groups excluding carboxylic acids is 1. The van der Waals surface area contributed by atoms with E-state index in [0.29, 0.717) is 12.2 Å². The van der Waals surface area contributed by atoms with Crippen LogP contribution in [0.5, 0.6) is 5.75 Å². The molecule has 0 aliphatic carbocycles. The van der Waals surface area contributed by atoms with Crippen molar-refractivity contribution in [1.29, 1.82) is 0 Å². The zero-order valence-corrected chi connectivity index (χ0v) is 9.51. The maximum atomic E-state index is 11.2. The van der Waals surface area contributed by atoms with E-state index in [1.54, 1.807) is 0 Å². The summed E-state index contributed by atoms with van der Waals surface area (Å²) in [5, 5.41) is 3.87. The maximum Gasteiger partial charge on any atom is 0.153 e. The smallest absolute Gasteiger partial charge is 0.153 e. The quantitative estimate of drug-likeness (QED) is 0.595. The summed E-state index contributed by atoms with van der Waals surface area (Å²) in [5.41, 5.74) is 1.53. The number of fused-ring (bicyclic) bond motifs is 4. The normalized spacial score (nSPS) is 13.8. The Balaban J connectivity index is 2.31. The summed E-state index contributed by atoms with van der Waals surface area (Å²) >= 11 is 0. The number of nitrogens with zero attached hydrogens (tertiary/aromatic N) is 1. The van der Waals surface area contributed by atoms with Crippen molar-refractivity contribution in [1.82, 2.24) is 0 Å². The van der Waals surface area contributed by atoms with Gasteiger partial charge in [-0.1, -0.05) is 18.2 Å². The third kappa shape index (κ3) is 1.08. The molecule has 2 aromatic rings. The lowest BCUT2D eigenvalue weighted by atomic mass is 10.1. The number of carbonyl (C=O) groups is 1. The Kier molecular flexibility index (Phi) is 1.75. The third-order valence-electron chi connectivity index (χ3n) is 3.39. The van der Waals surface area contributed by atoms with Crippen LogP contribution < -0.4 is 15.3 Å². The molecule has 18 heavy (non-hydrogen) atoms. The number of hydrogen-bond donors (Lipinski definition) is 0. The predicted molar refractivity (Wildman–Crippen MR) is 66.3 cm³/mol. The highest BCUT2D eigenvalue weighted by molar-refractivity contribution is 5.80.